The molecule has 0 saturated heterocycles. The summed E-state index contributed by atoms with van der Waals surface area (Å²) in [6.45, 7) is 0. The molecule has 0 N–H and O–H groups in total. The maximum atomic E-state index is 12.2. The highest BCUT2D eigenvalue weighted by Crippen LogP contribution is 2.21. The summed E-state index contributed by atoms with van der Waals surface area (Å²) in [7, 11) is -4.72. The van der Waals surface area contributed by atoms with Gasteiger partial charge in [-0.15, -0.1) is 15.2 Å². The molecule has 0 aliphatic rings. The summed E-state index contributed by atoms with van der Waals surface area (Å²) in [6, 6.07) is 1.06. The van der Waals surface area contributed by atoms with E-state index < -0.39 is 15.1 Å². The second kappa shape index (κ2) is 2.71. The Morgan fingerprint density at radius 1 is 1.55 bits per heavy atom. The van der Waals surface area contributed by atoms with Gasteiger partial charge < -0.3 is 0 Å². The van der Waals surface area contributed by atoms with Gasteiger partial charge >= 0.3 is 10.2 Å². The number of hydrogen-bond donors (Lipinski definition) is 0. The zero-order valence-electron chi connectivity index (χ0n) is 5.15. The molecule has 60 valence electrons. The van der Waals surface area contributed by atoms with Gasteiger partial charge in [-0.2, -0.15) is 8.42 Å². The third-order valence-corrected chi connectivity index (χ3v) is 2.88. The molecular weight excluding hydrogens is 191 g/mol. The quantitative estimate of drug-likeness (QED) is 0.525. The van der Waals surface area contributed by atoms with Crippen LogP contribution in [0, 0.1) is 0 Å². The van der Waals surface area contributed by atoms with Gasteiger partial charge in [0.15, 0.2) is 6.29 Å². The lowest BCUT2D eigenvalue weighted by Gasteiger charge is -1.87. The van der Waals surface area contributed by atoms with E-state index in [2.05, 4.69) is 0 Å². The third-order valence-electron chi connectivity index (χ3n) is 1.03. The second-order valence-corrected chi connectivity index (χ2v) is 3.97. The van der Waals surface area contributed by atoms with Crippen LogP contribution in [0.15, 0.2) is 16.3 Å². The lowest BCUT2D eigenvalue weighted by atomic mass is 10.5. The molecule has 0 aliphatic heterocycles. The van der Waals surface area contributed by atoms with E-state index in [0.717, 1.165) is 17.4 Å². The molecular formula is C5H3FO3S2. The van der Waals surface area contributed by atoms with Crippen LogP contribution in [-0.2, 0) is 10.2 Å². The van der Waals surface area contributed by atoms with Crippen molar-refractivity contribution in [3.63, 3.8) is 0 Å². The van der Waals surface area contributed by atoms with Crippen LogP contribution in [0.4, 0.5) is 3.89 Å². The Morgan fingerprint density at radius 3 is 2.55 bits per heavy atom. The molecule has 1 aromatic heterocycles. The minimum atomic E-state index is -4.72. The first-order chi connectivity index (χ1) is 5.05. The van der Waals surface area contributed by atoms with Crippen LogP contribution in [0.2, 0.25) is 0 Å². The minimum absolute atomic E-state index is 0.104. The molecule has 0 spiro atoms. The summed E-state index contributed by atoms with van der Waals surface area (Å²) in [6.07, 6.45) is 0.317. The Morgan fingerprint density at radius 2 is 2.18 bits per heavy atom. The molecule has 0 atom stereocenters. The standard InChI is InChI=1S/C5H3FO3S2/c6-11(8,9)5-1-2-10-4(5)3-7/h1-3H. The number of halogens is 1. The number of rotatable bonds is 2. The van der Waals surface area contributed by atoms with E-state index in [1.54, 1.807) is 0 Å². The predicted octanol–water partition coefficient (Wildman–Crippen LogP) is 1.22. The molecule has 1 rings (SSSR count). The average Bonchev–Trinajstić information content (AvgIpc) is 2.31. The third kappa shape index (κ3) is 1.63. The van der Waals surface area contributed by atoms with Crippen molar-refractivity contribution in [2.45, 2.75) is 4.90 Å². The first-order valence-electron chi connectivity index (χ1n) is 2.53. The van der Waals surface area contributed by atoms with E-state index in [-0.39, 0.29) is 4.88 Å². The molecule has 3 nitrogen and oxygen atoms in total. The van der Waals surface area contributed by atoms with Gasteiger partial charge in [-0.05, 0) is 11.4 Å². The van der Waals surface area contributed by atoms with Crippen LogP contribution in [0.25, 0.3) is 0 Å². The lowest BCUT2D eigenvalue weighted by Crippen LogP contribution is -1.92. The average molecular weight is 194 g/mol. The Hall–Kier alpha value is -0.750. The zero-order valence-corrected chi connectivity index (χ0v) is 6.78. The van der Waals surface area contributed by atoms with Gasteiger partial charge in [-0.1, -0.05) is 0 Å². The number of thiophene rings is 1. The summed E-state index contributed by atoms with van der Waals surface area (Å²) in [4.78, 5) is 9.47. The van der Waals surface area contributed by atoms with Crippen molar-refractivity contribution in [1.29, 1.82) is 0 Å². The molecule has 0 aromatic carbocycles. The zero-order chi connectivity index (χ0) is 8.48. The Bertz CT molecular complexity index is 365. The highest BCUT2D eigenvalue weighted by molar-refractivity contribution is 7.86. The molecule has 1 heterocycles. The van der Waals surface area contributed by atoms with Crippen molar-refractivity contribution in [1.82, 2.24) is 0 Å². The Balaban J connectivity index is 3.35. The maximum absolute atomic E-state index is 12.2. The maximum Gasteiger partial charge on any atom is 0.333 e. The lowest BCUT2D eigenvalue weighted by molar-refractivity contribution is 0.112. The van der Waals surface area contributed by atoms with E-state index in [4.69, 9.17) is 0 Å². The molecule has 0 saturated carbocycles. The fraction of sp³-hybridized carbons (Fsp3) is 0. The molecule has 6 heteroatoms. The summed E-state index contributed by atoms with van der Waals surface area (Å²) >= 11 is 0.889. The van der Waals surface area contributed by atoms with Gasteiger partial charge in [0.1, 0.15) is 4.90 Å². The van der Waals surface area contributed by atoms with Gasteiger partial charge in [0.25, 0.3) is 0 Å². The number of hydrogen-bond acceptors (Lipinski definition) is 4. The van der Waals surface area contributed by atoms with Gasteiger partial charge in [-0.3, -0.25) is 4.79 Å². The van der Waals surface area contributed by atoms with Crippen molar-refractivity contribution in [2.75, 3.05) is 0 Å². The number of aldehydes is 1. The number of carbonyl (C=O) groups excluding carboxylic acids is 1. The number of carbonyl (C=O) groups is 1. The van der Waals surface area contributed by atoms with Crippen LogP contribution in [-0.4, -0.2) is 14.7 Å². The second-order valence-electron chi connectivity index (χ2n) is 1.70. The van der Waals surface area contributed by atoms with Gasteiger partial charge in [-0.25, -0.2) is 0 Å². The van der Waals surface area contributed by atoms with Gasteiger partial charge in [0.2, 0.25) is 0 Å². The van der Waals surface area contributed by atoms with Crippen LogP contribution >= 0.6 is 11.3 Å². The van der Waals surface area contributed by atoms with Crippen molar-refractivity contribution in [3.8, 4) is 0 Å². The molecule has 0 aliphatic carbocycles. The summed E-state index contributed by atoms with van der Waals surface area (Å²) < 4.78 is 32.7. The molecule has 0 bridgehead atoms. The van der Waals surface area contributed by atoms with E-state index in [1.807, 2.05) is 0 Å². The van der Waals surface area contributed by atoms with E-state index in [0.29, 0.717) is 6.29 Å². The van der Waals surface area contributed by atoms with Crippen molar-refractivity contribution in [2.24, 2.45) is 0 Å². The molecule has 1 aromatic rings. The summed E-state index contributed by atoms with van der Waals surface area (Å²) in [5.41, 5.74) is 0. The molecule has 0 fully saturated rings. The summed E-state index contributed by atoms with van der Waals surface area (Å²) in [5.74, 6) is 0. The van der Waals surface area contributed by atoms with Crippen LogP contribution < -0.4 is 0 Å². The molecule has 11 heavy (non-hydrogen) atoms. The summed E-state index contributed by atoms with van der Waals surface area (Å²) in [5, 5.41) is 1.34. The molecule has 0 amide bonds. The molecule has 0 radical (unpaired) electrons. The smallest absolute Gasteiger partial charge is 0.297 e. The SMILES string of the molecule is O=Cc1sccc1S(=O)(=O)F. The monoisotopic (exact) mass is 194 g/mol. The molecule has 0 unspecified atom stereocenters. The Kier molecular flexibility index (Phi) is 2.05. The van der Waals surface area contributed by atoms with E-state index in [9.17, 15) is 17.1 Å². The Labute approximate surface area is 66.7 Å². The van der Waals surface area contributed by atoms with Crippen molar-refractivity contribution in [3.05, 3.63) is 16.3 Å². The van der Waals surface area contributed by atoms with Gasteiger partial charge in [0, 0.05) is 0 Å². The van der Waals surface area contributed by atoms with Crippen LogP contribution in [0.1, 0.15) is 9.67 Å². The topological polar surface area (TPSA) is 51.2 Å². The minimum Gasteiger partial charge on any atom is -0.297 e. The fourth-order valence-electron chi connectivity index (χ4n) is 0.597. The fourth-order valence-corrected chi connectivity index (χ4v) is 2.24. The first kappa shape index (κ1) is 8.35. The van der Waals surface area contributed by atoms with E-state index in [1.165, 1.54) is 5.38 Å². The van der Waals surface area contributed by atoms with Crippen LogP contribution in [0.5, 0.6) is 0 Å². The highest BCUT2D eigenvalue weighted by atomic mass is 32.3. The normalized spacial score (nSPS) is 11.4. The van der Waals surface area contributed by atoms with Gasteiger partial charge in [0.05, 0.1) is 4.88 Å². The van der Waals surface area contributed by atoms with Crippen molar-refractivity contribution < 1.29 is 17.1 Å². The van der Waals surface area contributed by atoms with Crippen molar-refractivity contribution >= 4 is 27.8 Å². The van der Waals surface area contributed by atoms with E-state index >= 15 is 0 Å². The first-order valence-corrected chi connectivity index (χ1v) is 4.79. The predicted molar refractivity (Wildman–Crippen MR) is 38.0 cm³/mol. The van der Waals surface area contributed by atoms with Crippen LogP contribution in [0.3, 0.4) is 0 Å². The highest BCUT2D eigenvalue weighted by Gasteiger charge is 2.17. The largest absolute Gasteiger partial charge is 0.333 e.